The molecular formula is C15H17BrFN3. The van der Waals surface area contributed by atoms with Gasteiger partial charge in [-0.05, 0) is 34.3 Å². The highest BCUT2D eigenvalue weighted by Gasteiger charge is 2.26. The van der Waals surface area contributed by atoms with Crippen LogP contribution in [0.25, 0.3) is 0 Å². The van der Waals surface area contributed by atoms with Gasteiger partial charge in [0.2, 0.25) is 0 Å². The fraction of sp³-hybridized carbons (Fsp3) is 0.400. The molecule has 0 radical (unpaired) electrons. The smallest absolute Gasteiger partial charge is 0.170 e. The number of nitrogens with one attached hydrogen (secondary N) is 1. The van der Waals surface area contributed by atoms with Gasteiger partial charge < -0.3 is 5.32 Å². The Hall–Kier alpha value is -1.36. The van der Waals surface area contributed by atoms with Crippen LogP contribution in [0, 0.1) is 0 Å². The molecule has 0 spiro atoms. The first-order chi connectivity index (χ1) is 9.72. The molecule has 0 aliphatic carbocycles. The zero-order chi connectivity index (χ0) is 14.1. The number of para-hydroxylation sites is 1. The summed E-state index contributed by atoms with van der Waals surface area (Å²) < 4.78 is 17.6. The van der Waals surface area contributed by atoms with Crippen LogP contribution in [0.1, 0.15) is 36.3 Å². The van der Waals surface area contributed by atoms with Gasteiger partial charge in [-0.15, -0.1) is 0 Å². The molecule has 3 rings (SSSR count). The molecule has 20 heavy (non-hydrogen) atoms. The zero-order valence-corrected chi connectivity index (χ0v) is 13.0. The fourth-order valence-corrected chi connectivity index (χ4v) is 3.24. The average Bonchev–Trinajstić information content (AvgIpc) is 3.05. The molecule has 0 fully saturated rings. The second-order valence-electron chi connectivity index (χ2n) is 5.02. The summed E-state index contributed by atoms with van der Waals surface area (Å²) in [5, 5.41) is 7.55. The number of hydrogen-bond acceptors (Lipinski definition) is 2. The van der Waals surface area contributed by atoms with Crippen LogP contribution in [0.3, 0.4) is 0 Å². The molecular weight excluding hydrogens is 321 g/mol. The Balaban J connectivity index is 2.03. The minimum Gasteiger partial charge on any atom is -0.384 e. The van der Waals surface area contributed by atoms with E-state index >= 15 is 4.39 Å². The minimum atomic E-state index is -1.17. The van der Waals surface area contributed by atoms with E-state index in [4.69, 9.17) is 0 Å². The number of aromatic nitrogens is 2. The van der Waals surface area contributed by atoms with E-state index < -0.39 is 6.17 Å². The summed E-state index contributed by atoms with van der Waals surface area (Å²) in [6.07, 6.45) is 2.40. The molecule has 106 valence electrons. The van der Waals surface area contributed by atoms with Crippen molar-refractivity contribution in [1.29, 1.82) is 0 Å². The van der Waals surface area contributed by atoms with E-state index in [0.29, 0.717) is 11.3 Å². The summed E-state index contributed by atoms with van der Waals surface area (Å²) in [5.41, 5.74) is 3.46. The summed E-state index contributed by atoms with van der Waals surface area (Å²) in [6.45, 7) is 3.67. The van der Waals surface area contributed by atoms with Gasteiger partial charge in [0, 0.05) is 24.3 Å². The number of rotatable bonds is 4. The van der Waals surface area contributed by atoms with Crippen molar-refractivity contribution < 1.29 is 4.39 Å². The third-order valence-corrected chi connectivity index (χ3v) is 4.27. The number of benzene rings is 1. The lowest BCUT2D eigenvalue weighted by molar-refractivity contribution is 0.370. The van der Waals surface area contributed by atoms with Crippen LogP contribution in [0.5, 0.6) is 0 Å². The van der Waals surface area contributed by atoms with Gasteiger partial charge in [-0.1, -0.05) is 25.1 Å². The van der Waals surface area contributed by atoms with E-state index in [1.165, 1.54) is 5.56 Å². The van der Waals surface area contributed by atoms with Crippen molar-refractivity contribution in [2.45, 2.75) is 32.5 Å². The van der Waals surface area contributed by atoms with E-state index in [0.717, 1.165) is 36.1 Å². The molecule has 3 nitrogen and oxygen atoms in total. The molecule has 0 saturated heterocycles. The van der Waals surface area contributed by atoms with Crippen molar-refractivity contribution in [2.24, 2.45) is 0 Å². The molecule has 5 heteroatoms. The molecule has 2 aromatic rings. The highest BCUT2D eigenvalue weighted by molar-refractivity contribution is 9.10. The van der Waals surface area contributed by atoms with E-state index in [9.17, 15) is 0 Å². The summed E-state index contributed by atoms with van der Waals surface area (Å²) in [7, 11) is 0. The lowest BCUT2D eigenvalue weighted by Crippen LogP contribution is -2.09. The van der Waals surface area contributed by atoms with Crippen LogP contribution < -0.4 is 5.32 Å². The molecule has 2 heterocycles. The van der Waals surface area contributed by atoms with E-state index in [1.807, 2.05) is 12.1 Å². The van der Waals surface area contributed by atoms with Gasteiger partial charge in [0.1, 0.15) is 0 Å². The Labute approximate surface area is 126 Å². The maximum atomic E-state index is 15.1. The Bertz CT molecular complexity index is 624. The Morgan fingerprint density at radius 1 is 1.50 bits per heavy atom. The Morgan fingerprint density at radius 3 is 3.15 bits per heavy atom. The van der Waals surface area contributed by atoms with Crippen LogP contribution in [0.15, 0.2) is 28.9 Å². The van der Waals surface area contributed by atoms with Gasteiger partial charge in [0.05, 0.1) is 16.4 Å². The predicted molar refractivity (Wildman–Crippen MR) is 81.8 cm³/mol. The molecule has 1 aliphatic rings. The van der Waals surface area contributed by atoms with E-state index in [-0.39, 0.29) is 0 Å². The van der Waals surface area contributed by atoms with Crippen LogP contribution in [0.2, 0.25) is 0 Å². The van der Waals surface area contributed by atoms with E-state index in [1.54, 1.807) is 10.9 Å². The second kappa shape index (κ2) is 5.56. The molecule has 1 N–H and O–H groups in total. The van der Waals surface area contributed by atoms with Crippen molar-refractivity contribution in [3.05, 3.63) is 45.7 Å². The van der Waals surface area contributed by atoms with Gasteiger partial charge in [-0.25, -0.2) is 4.39 Å². The Morgan fingerprint density at radius 2 is 2.35 bits per heavy atom. The first-order valence-electron chi connectivity index (χ1n) is 6.93. The second-order valence-corrected chi connectivity index (χ2v) is 5.88. The third-order valence-electron chi connectivity index (χ3n) is 3.66. The highest BCUT2D eigenvalue weighted by atomic mass is 79.9. The van der Waals surface area contributed by atoms with Crippen LogP contribution >= 0.6 is 15.9 Å². The van der Waals surface area contributed by atoms with Gasteiger partial charge in [-0.2, -0.15) is 5.10 Å². The number of anilines is 1. The molecule has 0 bridgehead atoms. The summed E-state index contributed by atoms with van der Waals surface area (Å²) in [5.74, 6) is 0. The van der Waals surface area contributed by atoms with Gasteiger partial charge in [0.15, 0.2) is 6.17 Å². The van der Waals surface area contributed by atoms with E-state index in [2.05, 4.69) is 39.3 Å². The number of nitrogens with zero attached hydrogens (tertiary/aromatic N) is 2. The molecule has 1 atom stereocenters. The maximum Gasteiger partial charge on any atom is 0.170 e. The highest BCUT2D eigenvalue weighted by Crippen LogP contribution is 2.38. The summed E-state index contributed by atoms with van der Waals surface area (Å²) in [6, 6.07) is 5.85. The monoisotopic (exact) mass is 337 g/mol. The molecule has 0 amide bonds. The largest absolute Gasteiger partial charge is 0.384 e. The Kier molecular flexibility index (Phi) is 3.78. The van der Waals surface area contributed by atoms with Gasteiger partial charge >= 0.3 is 0 Å². The minimum absolute atomic E-state index is 0.606. The lowest BCUT2D eigenvalue weighted by atomic mass is 10.0. The molecule has 1 aromatic carbocycles. The maximum absolute atomic E-state index is 15.1. The van der Waals surface area contributed by atoms with Crippen LogP contribution in [0.4, 0.5) is 10.1 Å². The summed E-state index contributed by atoms with van der Waals surface area (Å²) in [4.78, 5) is 0. The number of fused-ring (bicyclic) bond motifs is 1. The van der Waals surface area contributed by atoms with Gasteiger partial charge in [0.25, 0.3) is 0 Å². The van der Waals surface area contributed by atoms with Crippen molar-refractivity contribution in [1.82, 2.24) is 9.78 Å². The fourth-order valence-electron chi connectivity index (χ4n) is 2.74. The topological polar surface area (TPSA) is 29.9 Å². The normalized spacial score (nSPS) is 14.9. The number of aryl methyl sites for hydroxylation is 1. The van der Waals surface area contributed by atoms with Crippen molar-refractivity contribution in [3.8, 4) is 0 Å². The average molecular weight is 338 g/mol. The molecule has 1 aliphatic heterocycles. The van der Waals surface area contributed by atoms with Crippen molar-refractivity contribution in [2.75, 3.05) is 11.9 Å². The number of hydrogen-bond donors (Lipinski definition) is 1. The standard InChI is InChI=1S/C15H17BrFN3/c1-2-8-20-15(12(16)9-19-20)13(17)11-5-3-4-10-6-7-18-14(10)11/h3-5,9,13,18H,2,6-8H2,1H3. The van der Waals surface area contributed by atoms with Crippen LogP contribution in [-0.4, -0.2) is 16.3 Å². The first-order valence-corrected chi connectivity index (χ1v) is 7.72. The van der Waals surface area contributed by atoms with Gasteiger partial charge in [-0.3, -0.25) is 4.68 Å². The van der Waals surface area contributed by atoms with Crippen molar-refractivity contribution >= 4 is 21.6 Å². The molecule has 1 unspecified atom stereocenters. The molecule has 1 aromatic heterocycles. The third kappa shape index (κ3) is 2.24. The van der Waals surface area contributed by atoms with Crippen molar-refractivity contribution in [3.63, 3.8) is 0 Å². The quantitative estimate of drug-likeness (QED) is 0.910. The number of alkyl halides is 1. The summed E-state index contributed by atoms with van der Waals surface area (Å²) >= 11 is 3.42. The van der Waals surface area contributed by atoms with Crippen LogP contribution in [-0.2, 0) is 13.0 Å². The molecule has 0 saturated carbocycles. The first kappa shape index (κ1) is 13.6. The zero-order valence-electron chi connectivity index (χ0n) is 11.4. The SMILES string of the molecule is CCCn1ncc(Br)c1C(F)c1cccc2c1NCC2. The lowest BCUT2D eigenvalue weighted by Gasteiger charge is -2.15. The predicted octanol–water partition coefficient (Wildman–Crippen LogP) is 4.08. The number of halogens is 2.